The highest BCUT2D eigenvalue weighted by molar-refractivity contribution is 9.10. The summed E-state index contributed by atoms with van der Waals surface area (Å²) in [5.41, 5.74) is 2.88. The van der Waals surface area contributed by atoms with E-state index in [-0.39, 0.29) is 12.5 Å². The predicted octanol–water partition coefficient (Wildman–Crippen LogP) is 6.17. The number of hydrogen-bond donors (Lipinski definition) is 1. The van der Waals surface area contributed by atoms with Crippen molar-refractivity contribution < 1.29 is 14.3 Å². The highest BCUT2D eigenvalue weighted by Gasteiger charge is 2.09. The molecule has 0 aliphatic carbocycles. The Balaban J connectivity index is 1.56. The third-order valence-corrected chi connectivity index (χ3v) is 4.72. The fourth-order valence-corrected chi connectivity index (χ4v) is 3.19. The Kier molecular flexibility index (Phi) is 7.30. The van der Waals surface area contributed by atoms with Crippen molar-refractivity contribution in [1.29, 1.82) is 0 Å². The third kappa shape index (κ3) is 6.36. The Morgan fingerprint density at radius 3 is 2.45 bits per heavy atom. The summed E-state index contributed by atoms with van der Waals surface area (Å²) in [6.07, 6.45) is 0. The highest BCUT2D eigenvalue weighted by atomic mass is 79.9. The number of amides is 1. The first-order valence-electron chi connectivity index (χ1n) is 9.52. The number of carbonyl (C=O) groups excluding carboxylic acids is 1. The number of anilines is 1. The molecule has 1 amide bonds. The molecular formula is C24H24BrNO3. The minimum atomic E-state index is -0.231. The lowest BCUT2D eigenvalue weighted by Crippen LogP contribution is -2.20. The number of benzene rings is 3. The van der Waals surface area contributed by atoms with Gasteiger partial charge in [-0.3, -0.25) is 4.79 Å². The molecular weight excluding hydrogens is 430 g/mol. The average Bonchev–Trinajstić information content (AvgIpc) is 2.72. The van der Waals surface area contributed by atoms with Crippen molar-refractivity contribution in [3.63, 3.8) is 0 Å². The normalized spacial score (nSPS) is 10.6. The SMILES string of the molecule is CC(C)COc1cccc(NC(=O)COc2ccc(-c3ccccc3)cc2Br)c1. The van der Waals surface area contributed by atoms with Gasteiger partial charge >= 0.3 is 0 Å². The Labute approximate surface area is 180 Å². The lowest BCUT2D eigenvalue weighted by molar-refractivity contribution is -0.118. The van der Waals surface area contributed by atoms with Crippen LogP contribution in [-0.2, 0) is 4.79 Å². The predicted molar refractivity (Wildman–Crippen MR) is 120 cm³/mol. The molecule has 0 aliphatic heterocycles. The standard InChI is InChI=1S/C24H24BrNO3/c1-17(2)15-28-21-10-6-9-20(14-21)26-24(27)16-29-23-12-11-19(13-22(23)25)18-7-4-3-5-8-18/h3-14,17H,15-16H2,1-2H3,(H,26,27). The van der Waals surface area contributed by atoms with Gasteiger partial charge in [0, 0.05) is 11.8 Å². The molecule has 1 N–H and O–H groups in total. The van der Waals surface area contributed by atoms with Crippen LogP contribution in [0, 0.1) is 5.92 Å². The molecule has 0 aromatic heterocycles. The van der Waals surface area contributed by atoms with E-state index in [0.717, 1.165) is 21.3 Å². The van der Waals surface area contributed by atoms with Crippen LogP contribution in [0.1, 0.15) is 13.8 Å². The van der Waals surface area contributed by atoms with E-state index < -0.39 is 0 Å². The van der Waals surface area contributed by atoms with E-state index >= 15 is 0 Å². The van der Waals surface area contributed by atoms with E-state index in [4.69, 9.17) is 9.47 Å². The molecule has 0 unspecified atom stereocenters. The van der Waals surface area contributed by atoms with Crippen molar-refractivity contribution in [2.24, 2.45) is 5.92 Å². The molecule has 0 aliphatic rings. The molecule has 0 saturated heterocycles. The van der Waals surface area contributed by atoms with Gasteiger partial charge in [0.2, 0.25) is 0 Å². The van der Waals surface area contributed by atoms with Crippen LogP contribution in [0.25, 0.3) is 11.1 Å². The molecule has 3 rings (SSSR count). The molecule has 0 radical (unpaired) electrons. The summed E-state index contributed by atoms with van der Waals surface area (Å²) >= 11 is 3.53. The van der Waals surface area contributed by atoms with Crippen molar-refractivity contribution in [3.8, 4) is 22.6 Å². The topological polar surface area (TPSA) is 47.6 Å². The zero-order valence-electron chi connectivity index (χ0n) is 16.5. The van der Waals surface area contributed by atoms with Gasteiger partial charge in [-0.1, -0.05) is 56.3 Å². The van der Waals surface area contributed by atoms with Crippen LogP contribution in [0.2, 0.25) is 0 Å². The van der Waals surface area contributed by atoms with Crippen molar-refractivity contribution in [2.75, 3.05) is 18.5 Å². The summed E-state index contributed by atoms with van der Waals surface area (Å²) in [5, 5.41) is 2.84. The largest absolute Gasteiger partial charge is 0.493 e. The zero-order valence-corrected chi connectivity index (χ0v) is 18.1. The second-order valence-corrected chi connectivity index (χ2v) is 7.94. The van der Waals surface area contributed by atoms with Gasteiger partial charge in [0.25, 0.3) is 5.91 Å². The number of halogens is 1. The summed E-state index contributed by atoms with van der Waals surface area (Å²) < 4.78 is 12.2. The van der Waals surface area contributed by atoms with Crippen LogP contribution < -0.4 is 14.8 Å². The van der Waals surface area contributed by atoms with Gasteiger partial charge in [-0.25, -0.2) is 0 Å². The van der Waals surface area contributed by atoms with Crippen LogP contribution in [0.5, 0.6) is 11.5 Å². The van der Waals surface area contributed by atoms with Crippen LogP contribution in [0.3, 0.4) is 0 Å². The zero-order chi connectivity index (χ0) is 20.6. The number of ether oxygens (including phenoxy) is 2. The molecule has 0 spiro atoms. The van der Waals surface area contributed by atoms with E-state index in [1.54, 1.807) is 0 Å². The molecule has 150 valence electrons. The molecule has 0 atom stereocenters. The first kappa shape index (κ1) is 20.9. The summed E-state index contributed by atoms with van der Waals surface area (Å²) in [4.78, 5) is 12.3. The summed E-state index contributed by atoms with van der Waals surface area (Å²) in [6.45, 7) is 4.73. The molecule has 3 aromatic carbocycles. The van der Waals surface area contributed by atoms with Crippen LogP contribution in [-0.4, -0.2) is 19.1 Å². The van der Waals surface area contributed by atoms with E-state index in [9.17, 15) is 4.79 Å². The monoisotopic (exact) mass is 453 g/mol. The third-order valence-electron chi connectivity index (χ3n) is 4.10. The molecule has 3 aromatic rings. The molecule has 0 bridgehead atoms. The van der Waals surface area contributed by atoms with Crippen molar-refractivity contribution in [1.82, 2.24) is 0 Å². The minimum Gasteiger partial charge on any atom is -0.493 e. The van der Waals surface area contributed by atoms with Gasteiger partial charge in [0.15, 0.2) is 6.61 Å². The fraction of sp³-hybridized carbons (Fsp3) is 0.208. The molecule has 29 heavy (non-hydrogen) atoms. The average molecular weight is 454 g/mol. The Hall–Kier alpha value is -2.79. The maximum atomic E-state index is 12.3. The Morgan fingerprint density at radius 1 is 0.931 bits per heavy atom. The fourth-order valence-electron chi connectivity index (χ4n) is 2.69. The Morgan fingerprint density at radius 2 is 1.72 bits per heavy atom. The lowest BCUT2D eigenvalue weighted by Gasteiger charge is -2.12. The summed E-state index contributed by atoms with van der Waals surface area (Å²) in [6, 6.07) is 23.3. The van der Waals surface area contributed by atoms with Crippen molar-refractivity contribution in [3.05, 3.63) is 77.3 Å². The number of nitrogens with one attached hydrogen (secondary N) is 1. The summed E-state index contributed by atoms with van der Waals surface area (Å²) in [5.74, 6) is 1.56. The van der Waals surface area contributed by atoms with Gasteiger partial charge in [-0.15, -0.1) is 0 Å². The molecule has 0 heterocycles. The minimum absolute atomic E-state index is 0.0830. The number of hydrogen-bond acceptors (Lipinski definition) is 3. The van der Waals surface area contributed by atoms with Crippen molar-refractivity contribution in [2.45, 2.75) is 13.8 Å². The van der Waals surface area contributed by atoms with Gasteiger partial charge in [-0.2, -0.15) is 0 Å². The van der Waals surface area contributed by atoms with Crippen molar-refractivity contribution >= 4 is 27.5 Å². The molecule has 4 nitrogen and oxygen atoms in total. The van der Waals surface area contributed by atoms with Gasteiger partial charge in [0.1, 0.15) is 11.5 Å². The van der Waals surface area contributed by atoms with E-state index in [1.807, 2.05) is 60.7 Å². The number of rotatable bonds is 8. The van der Waals surface area contributed by atoms with Gasteiger partial charge < -0.3 is 14.8 Å². The highest BCUT2D eigenvalue weighted by Crippen LogP contribution is 2.30. The van der Waals surface area contributed by atoms with Crippen LogP contribution >= 0.6 is 15.9 Å². The maximum Gasteiger partial charge on any atom is 0.262 e. The lowest BCUT2D eigenvalue weighted by atomic mass is 10.1. The first-order valence-corrected chi connectivity index (χ1v) is 10.3. The molecule has 0 fully saturated rings. The van der Waals surface area contributed by atoms with Crippen LogP contribution in [0.4, 0.5) is 5.69 Å². The Bertz CT molecular complexity index is 957. The van der Waals surface area contributed by atoms with E-state index in [1.165, 1.54) is 0 Å². The quantitative estimate of drug-likeness (QED) is 0.443. The second kappa shape index (κ2) is 10.1. The van der Waals surface area contributed by atoms with Crippen LogP contribution in [0.15, 0.2) is 77.3 Å². The molecule has 0 saturated carbocycles. The summed E-state index contributed by atoms with van der Waals surface area (Å²) in [7, 11) is 0. The maximum absolute atomic E-state index is 12.3. The second-order valence-electron chi connectivity index (χ2n) is 7.08. The van der Waals surface area contributed by atoms with E-state index in [0.29, 0.717) is 24.0 Å². The van der Waals surface area contributed by atoms with E-state index in [2.05, 4.69) is 47.2 Å². The number of carbonyl (C=O) groups is 1. The smallest absolute Gasteiger partial charge is 0.262 e. The first-order chi connectivity index (χ1) is 14.0. The van der Waals surface area contributed by atoms with Gasteiger partial charge in [0.05, 0.1) is 11.1 Å². The van der Waals surface area contributed by atoms with Gasteiger partial charge in [-0.05, 0) is 57.2 Å². The molecule has 5 heteroatoms.